The molecule has 1 rings (SSSR count). The SMILES string of the molecule is CC(C)OCCOC(=O)CC(C)C1CCCNC1. The Morgan fingerprint density at radius 2 is 2.11 bits per heavy atom. The topological polar surface area (TPSA) is 47.6 Å². The highest BCUT2D eigenvalue weighted by Gasteiger charge is 2.22. The van der Waals surface area contributed by atoms with Crippen LogP contribution in [0.1, 0.15) is 40.0 Å². The second kappa shape index (κ2) is 8.48. The molecule has 2 atom stereocenters. The Balaban J connectivity index is 2.10. The average Bonchev–Trinajstić information content (AvgIpc) is 2.35. The maximum Gasteiger partial charge on any atom is 0.306 e. The molecule has 0 radical (unpaired) electrons. The summed E-state index contributed by atoms with van der Waals surface area (Å²) >= 11 is 0. The summed E-state index contributed by atoms with van der Waals surface area (Å²) in [6.45, 7) is 9.09. The minimum Gasteiger partial charge on any atom is -0.463 e. The number of hydrogen-bond donors (Lipinski definition) is 1. The molecule has 0 bridgehead atoms. The lowest BCUT2D eigenvalue weighted by Gasteiger charge is -2.27. The lowest BCUT2D eigenvalue weighted by atomic mass is 9.85. The van der Waals surface area contributed by atoms with E-state index >= 15 is 0 Å². The molecule has 4 heteroatoms. The molecule has 1 aliphatic rings. The van der Waals surface area contributed by atoms with Gasteiger partial charge in [0.25, 0.3) is 0 Å². The number of ether oxygens (including phenoxy) is 2. The van der Waals surface area contributed by atoms with Gasteiger partial charge in [-0.1, -0.05) is 6.92 Å². The van der Waals surface area contributed by atoms with Gasteiger partial charge in [-0.15, -0.1) is 0 Å². The lowest BCUT2D eigenvalue weighted by molar-refractivity contribution is -0.147. The van der Waals surface area contributed by atoms with E-state index in [4.69, 9.17) is 9.47 Å². The maximum atomic E-state index is 11.6. The van der Waals surface area contributed by atoms with Gasteiger partial charge in [-0.2, -0.15) is 0 Å². The number of hydrogen-bond acceptors (Lipinski definition) is 4. The standard InChI is InChI=1S/C14H27NO3/c1-11(2)17-7-8-18-14(16)9-12(3)13-5-4-6-15-10-13/h11-13,15H,4-10H2,1-3H3. The van der Waals surface area contributed by atoms with Crippen molar-refractivity contribution in [1.82, 2.24) is 5.32 Å². The van der Waals surface area contributed by atoms with Crippen molar-refractivity contribution in [2.45, 2.75) is 46.1 Å². The molecule has 0 amide bonds. The minimum absolute atomic E-state index is 0.0968. The molecule has 0 aromatic heterocycles. The summed E-state index contributed by atoms with van der Waals surface area (Å²) in [7, 11) is 0. The highest BCUT2D eigenvalue weighted by molar-refractivity contribution is 5.69. The Bertz CT molecular complexity index is 237. The molecule has 2 unspecified atom stereocenters. The molecule has 0 aromatic carbocycles. The van der Waals surface area contributed by atoms with Gasteiger partial charge in [0.15, 0.2) is 0 Å². The molecule has 1 N–H and O–H groups in total. The molecule has 1 fully saturated rings. The van der Waals surface area contributed by atoms with E-state index in [1.54, 1.807) is 0 Å². The first-order chi connectivity index (χ1) is 8.59. The Labute approximate surface area is 110 Å². The van der Waals surface area contributed by atoms with Crippen LogP contribution in [-0.4, -0.2) is 38.4 Å². The van der Waals surface area contributed by atoms with Crippen LogP contribution in [0.25, 0.3) is 0 Å². The molecule has 0 spiro atoms. The van der Waals surface area contributed by atoms with Gasteiger partial charge in [-0.25, -0.2) is 0 Å². The fraction of sp³-hybridized carbons (Fsp3) is 0.929. The Morgan fingerprint density at radius 3 is 2.72 bits per heavy atom. The summed E-state index contributed by atoms with van der Waals surface area (Å²) in [5.74, 6) is 0.912. The van der Waals surface area contributed by atoms with E-state index in [1.165, 1.54) is 12.8 Å². The molecule has 1 saturated heterocycles. The third-order valence-electron chi connectivity index (χ3n) is 3.43. The largest absolute Gasteiger partial charge is 0.463 e. The van der Waals surface area contributed by atoms with Gasteiger partial charge in [0.1, 0.15) is 6.61 Å². The molecule has 4 nitrogen and oxygen atoms in total. The van der Waals surface area contributed by atoms with Crippen molar-refractivity contribution in [3.63, 3.8) is 0 Å². The van der Waals surface area contributed by atoms with Crippen molar-refractivity contribution < 1.29 is 14.3 Å². The third-order valence-corrected chi connectivity index (χ3v) is 3.43. The molecule has 18 heavy (non-hydrogen) atoms. The number of esters is 1. The zero-order chi connectivity index (χ0) is 13.4. The highest BCUT2D eigenvalue weighted by Crippen LogP contribution is 2.22. The Kier molecular flexibility index (Phi) is 7.28. The van der Waals surface area contributed by atoms with Gasteiger partial charge in [-0.3, -0.25) is 4.79 Å². The van der Waals surface area contributed by atoms with Crippen LogP contribution < -0.4 is 5.32 Å². The Morgan fingerprint density at radius 1 is 1.33 bits per heavy atom. The average molecular weight is 257 g/mol. The highest BCUT2D eigenvalue weighted by atomic mass is 16.6. The summed E-state index contributed by atoms with van der Waals surface area (Å²) in [6, 6.07) is 0. The zero-order valence-electron chi connectivity index (χ0n) is 11.9. The van der Waals surface area contributed by atoms with Gasteiger partial charge >= 0.3 is 5.97 Å². The van der Waals surface area contributed by atoms with Crippen LogP contribution in [0.2, 0.25) is 0 Å². The molecule has 1 aliphatic heterocycles. The van der Waals surface area contributed by atoms with E-state index in [0.29, 0.717) is 31.5 Å². The second-order valence-corrected chi connectivity index (χ2v) is 5.43. The molecule has 0 saturated carbocycles. The van der Waals surface area contributed by atoms with E-state index in [9.17, 15) is 4.79 Å². The lowest BCUT2D eigenvalue weighted by Crippen LogP contribution is -2.34. The quantitative estimate of drug-likeness (QED) is 0.559. The van der Waals surface area contributed by atoms with E-state index in [0.717, 1.165) is 13.1 Å². The number of piperidine rings is 1. The summed E-state index contributed by atoms with van der Waals surface area (Å²) in [4.78, 5) is 11.6. The molecular formula is C14H27NO3. The number of carbonyl (C=O) groups is 1. The first-order valence-corrected chi connectivity index (χ1v) is 7.07. The van der Waals surface area contributed by atoms with E-state index in [1.807, 2.05) is 13.8 Å². The monoisotopic (exact) mass is 257 g/mol. The molecule has 106 valence electrons. The van der Waals surface area contributed by atoms with Crippen LogP contribution >= 0.6 is 0 Å². The fourth-order valence-corrected chi connectivity index (χ4v) is 2.29. The summed E-state index contributed by atoms with van der Waals surface area (Å²) in [5, 5.41) is 3.38. The summed E-state index contributed by atoms with van der Waals surface area (Å²) < 4.78 is 10.5. The first kappa shape index (κ1) is 15.4. The van der Waals surface area contributed by atoms with Crippen molar-refractivity contribution in [1.29, 1.82) is 0 Å². The van der Waals surface area contributed by atoms with Crippen molar-refractivity contribution in [3.05, 3.63) is 0 Å². The Hall–Kier alpha value is -0.610. The molecule has 1 heterocycles. The van der Waals surface area contributed by atoms with Crippen molar-refractivity contribution in [2.24, 2.45) is 11.8 Å². The zero-order valence-corrected chi connectivity index (χ0v) is 11.9. The minimum atomic E-state index is -0.0968. The molecule has 0 aromatic rings. The van der Waals surface area contributed by atoms with E-state index < -0.39 is 0 Å². The summed E-state index contributed by atoms with van der Waals surface area (Å²) in [5.41, 5.74) is 0. The van der Waals surface area contributed by atoms with Gasteiger partial charge in [0, 0.05) is 6.42 Å². The van der Waals surface area contributed by atoms with Crippen LogP contribution in [0.4, 0.5) is 0 Å². The predicted molar refractivity (Wildman–Crippen MR) is 71.4 cm³/mol. The number of carbonyl (C=O) groups excluding carboxylic acids is 1. The molecular weight excluding hydrogens is 230 g/mol. The van der Waals surface area contributed by atoms with E-state index in [2.05, 4.69) is 12.2 Å². The van der Waals surface area contributed by atoms with Crippen molar-refractivity contribution in [3.8, 4) is 0 Å². The smallest absolute Gasteiger partial charge is 0.306 e. The van der Waals surface area contributed by atoms with Crippen LogP contribution in [-0.2, 0) is 14.3 Å². The normalized spacial score (nSPS) is 21.9. The predicted octanol–water partition coefficient (Wildman–Crippen LogP) is 1.98. The summed E-state index contributed by atoms with van der Waals surface area (Å²) in [6.07, 6.45) is 3.15. The molecule has 0 aliphatic carbocycles. The second-order valence-electron chi connectivity index (χ2n) is 5.43. The number of rotatable bonds is 7. The van der Waals surface area contributed by atoms with Crippen molar-refractivity contribution >= 4 is 5.97 Å². The maximum absolute atomic E-state index is 11.6. The van der Waals surface area contributed by atoms with E-state index in [-0.39, 0.29) is 12.1 Å². The van der Waals surface area contributed by atoms with Gasteiger partial charge in [-0.05, 0) is 51.6 Å². The van der Waals surface area contributed by atoms with Crippen molar-refractivity contribution in [2.75, 3.05) is 26.3 Å². The van der Waals surface area contributed by atoms with Crippen LogP contribution in [0.5, 0.6) is 0 Å². The third kappa shape index (κ3) is 6.36. The van der Waals surface area contributed by atoms with Crippen LogP contribution in [0, 0.1) is 11.8 Å². The van der Waals surface area contributed by atoms with Crippen LogP contribution in [0.3, 0.4) is 0 Å². The number of nitrogens with one attached hydrogen (secondary N) is 1. The first-order valence-electron chi connectivity index (χ1n) is 7.07. The van der Waals surface area contributed by atoms with Gasteiger partial charge < -0.3 is 14.8 Å². The van der Waals surface area contributed by atoms with Crippen LogP contribution in [0.15, 0.2) is 0 Å². The van der Waals surface area contributed by atoms with Gasteiger partial charge in [0.05, 0.1) is 12.7 Å². The van der Waals surface area contributed by atoms with Gasteiger partial charge in [0.2, 0.25) is 0 Å². The fourth-order valence-electron chi connectivity index (χ4n) is 2.29.